The molecule has 0 aliphatic carbocycles. The zero-order valence-electron chi connectivity index (χ0n) is 7.59. The molecular weight excluding hydrogens is 242 g/mol. The molecule has 0 saturated carbocycles. The maximum absolute atomic E-state index is 11.5. The van der Waals surface area contributed by atoms with E-state index in [9.17, 15) is 4.79 Å². The normalized spacial score (nSPS) is 9.43. The monoisotopic (exact) mass is 251 g/mol. The third-order valence-electron chi connectivity index (χ3n) is 1.82. The first-order chi connectivity index (χ1) is 6.65. The van der Waals surface area contributed by atoms with E-state index in [1.54, 1.807) is 18.2 Å². The van der Waals surface area contributed by atoms with E-state index in [-0.39, 0.29) is 5.78 Å². The van der Waals surface area contributed by atoms with Crippen LogP contribution in [0.25, 0.3) is 0 Å². The van der Waals surface area contributed by atoms with Gasteiger partial charge in [0, 0.05) is 28.6 Å². The van der Waals surface area contributed by atoms with Crippen LogP contribution in [0.3, 0.4) is 0 Å². The minimum Gasteiger partial charge on any atom is -0.398 e. The molecule has 0 aromatic heterocycles. The first-order valence-electron chi connectivity index (χ1n) is 4.17. The van der Waals surface area contributed by atoms with Gasteiger partial charge in [0.15, 0.2) is 5.78 Å². The lowest BCUT2D eigenvalue weighted by molar-refractivity contribution is 0.0984. The number of anilines is 1. The lowest BCUT2D eigenvalue weighted by atomic mass is 10.1. The second-order valence-electron chi connectivity index (χ2n) is 2.86. The molecule has 14 heavy (non-hydrogen) atoms. The largest absolute Gasteiger partial charge is 0.398 e. The molecule has 3 heteroatoms. The van der Waals surface area contributed by atoms with Crippen molar-refractivity contribution in [3.05, 3.63) is 28.2 Å². The first-order valence-corrected chi connectivity index (χ1v) is 4.96. The Morgan fingerprint density at radius 2 is 2.29 bits per heavy atom. The molecule has 0 atom stereocenters. The summed E-state index contributed by atoms with van der Waals surface area (Å²) in [4.78, 5) is 11.5. The fraction of sp³-hybridized carbons (Fsp3) is 0.182. The molecule has 0 amide bonds. The predicted octanol–water partition coefficient (Wildman–Crippen LogP) is 2.63. The van der Waals surface area contributed by atoms with Crippen molar-refractivity contribution in [1.29, 1.82) is 0 Å². The summed E-state index contributed by atoms with van der Waals surface area (Å²) in [7, 11) is 0. The highest BCUT2D eigenvalue weighted by Crippen LogP contribution is 2.21. The summed E-state index contributed by atoms with van der Waals surface area (Å²) in [5, 5.41) is 0. The summed E-state index contributed by atoms with van der Waals surface area (Å²) >= 11 is 3.26. The van der Waals surface area contributed by atoms with E-state index in [2.05, 4.69) is 21.9 Å². The van der Waals surface area contributed by atoms with Crippen molar-refractivity contribution in [1.82, 2.24) is 0 Å². The molecule has 0 unspecified atom stereocenters. The molecule has 1 aromatic carbocycles. The number of carbonyl (C=O) groups excluding carboxylic acids is 1. The lowest BCUT2D eigenvalue weighted by Crippen LogP contribution is -1.99. The van der Waals surface area contributed by atoms with Gasteiger partial charge in [-0.25, -0.2) is 0 Å². The van der Waals surface area contributed by atoms with Crippen molar-refractivity contribution in [2.24, 2.45) is 0 Å². The molecule has 0 radical (unpaired) electrons. The molecule has 0 fully saturated rings. The van der Waals surface area contributed by atoms with Gasteiger partial charge in [-0.3, -0.25) is 4.79 Å². The molecule has 1 rings (SSSR count). The van der Waals surface area contributed by atoms with E-state index < -0.39 is 0 Å². The summed E-state index contributed by atoms with van der Waals surface area (Å²) in [6.45, 7) is 0. The van der Waals surface area contributed by atoms with Gasteiger partial charge < -0.3 is 5.73 Å². The van der Waals surface area contributed by atoms with Crippen LogP contribution in [0.2, 0.25) is 0 Å². The van der Waals surface area contributed by atoms with Crippen LogP contribution < -0.4 is 5.73 Å². The maximum atomic E-state index is 11.5. The van der Waals surface area contributed by atoms with Crippen LogP contribution in [0.4, 0.5) is 5.69 Å². The number of carbonyl (C=O) groups is 1. The van der Waals surface area contributed by atoms with Crippen molar-refractivity contribution >= 4 is 27.4 Å². The van der Waals surface area contributed by atoms with Gasteiger partial charge in [-0.2, -0.15) is 0 Å². The van der Waals surface area contributed by atoms with E-state index in [1.165, 1.54) is 0 Å². The topological polar surface area (TPSA) is 43.1 Å². The fourth-order valence-corrected chi connectivity index (χ4v) is 1.41. The van der Waals surface area contributed by atoms with Crippen molar-refractivity contribution in [3.63, 3.8) is 0 Å². The van der Waals surface area contributed by atoms with E-state index in [1.807, 2.05) is 0 Å². The first kappa shape index (κ1) is 10.8. The molecule has 2 nitrogen and oxygen atoms in total. The highest BCUT2D eigenvalue weighted by Gasteiger charge is 2.06. The minimum absolute atomic E-state index is 0.0450. The number of hydrogen-bond acceptors (Lipinski definition) is 2. The number of hydrogen-bond donors (Lipinski definition) is 1. The molecule has 0 saturated heterocycles. The molecule has 0 heterocycles. The Balaban J connectivity index is 2.82. The van der Waals surface area contributed by atoms with Gasteiger partial charge in [0.05, 0.1) is 0 Å². The second kappa shape index (κ2) is 4.83. The van der Waals surface area contributed by atoms with Gasteiger partial charge in [0.2, 0.25) is 0 Å². The van der Waals surface area contributed by atoms with Gasteiger partial charge in [-0.05, 0) is 34.1 Å². The Kier molecular flexibility index (Phi) is 3.73. The second-order valence-corrected chi connectivity index (χ2v) is 3.72. The molecule has 0 bridgehead atoms. The van der Waals surface area contributed by atoms with E-state index in [0.717, 1.165) is 4.47 Å². The number of benzene rings is 1. The Bertz CT molecular complexity index is 393. The van der Waals surface area contributed by atoms with E-state index >= 15 is 0 Å². The van der Waals surface area contributed by atoms with Crippen LogP contribution in [-0.2, 0) is 0 Å². The average molecular weight is 252 g/mol. The number of rotatable bonds is 3. The summed E-state index contributed by atoms with van der Waals surface area (Å²) in [6.07, 6.45) is 5.93. The van der Waals surface area contributed by atoms with Crippen molar-refractivity contribution in [3.8, 4) is 12.3 Å². The van der Waals surface area contributed by atoms with Gasteiger partial charge >= 0.3 is 0 Å². The predicted molar refractivity (Wildman–Crippen MR) is 61.0 cm³/mol. The minimum atomic E-state index is 0.0450. The van der Waals surface area contributed by atoms with Crippen molar-refractivity contribution in [2.75, 3.05) is 5.73 Å². The molecule has 0 spiro atoms. The standard InChI is InChI=1S/C11H10BrNO/c1-2-3-4-11(14)8-5-6-10(13)9(12)7-8/h1,5-7H,3-4,13H2. The number of halogens is 1. The van der Waals surface area contributed by atoms with Crippen LogP contribution in [0, 0.1) is 12.3 Å². The number of ketones is 1. The Labute approximate surface area is 91.6 Å². The van der Waals surface area contributed by atoms with Crippen LogP contribution in [0.1, 0.15) is 23.2 Å². The molecular formula is C11H10BrNO. The van der Waals surface area contributed by atoms with E-state index in [0.29, 0.717) is 24.1 Å². The maximum Gasteiger partial charge on any atom is 0.163 e. The number of terminal acetylenes is 1. The highest BCUT2D eigenvalue weighted by atomic mass is 79.9. The lowest BCUT2D eigenvalue weighted by Gasteiger charge is -2.01. The van der Waals surface area contributed by atoms with Crippen LogP contribution in [0.15, 0.2) is 22.7 Å². The third kappa shape index (κ3) is 2.61. The average Bonchev–Trinajstić information content (AvgIpc) is 2.18. The zero-order valence-corrected chi connectivity index (χ0v) is 9.17. The number of Topliss-reactive ketones (excluding diaryl/α,β-unsaturated/α-hetero) is 1. The quantitative estimate of drug-likeness (QED) is 0.510. The van der Waals surface area contributed by atoms with E-state index in [4.69, 9.17) is 12.2 Å². The number of nitrogens with two attached hydrogens (primary N) is 1. The van der Waals surface area contributed by atoms with Crippen molar-refractivity contribution in [2.45, 2.75) is 12.8 Å². The Morgan fingerprint density at radius 1 is 1.57 bits per heavy atom. The molecule has 0 aliphatic heterocycles. The number of nitrogen functional groups attached to an aromatic ring is 1. The van der Waals surface area contributed by atoms with Crippen LogP contribution in [0.5, 0.6) is 0 Å². The summed E-state index contributed by atoms with van der Waals surface area (Å²) < 4.78 is 0.740. The summed E-state index contributed by atoms with van der Waals surface area (Å²) in [6, 6.07) is 5.13. The van der Waals surface area contributed by atoms with Crippen molar-refractivity contribution < 1.29 is 4.79 Å². The highest BCUT2D eigenvalue weighted by molar-refractivity contribution is 9.10. The zero-order chi connectivity index (χ0) is 10.6. The molecule has 1 aromatic rings. The molecule has 0 aliphatic rings. The summed E-state index contributed by atoms with van der Waals surface area (Å²) in [5.74, 6) is 2.48. The van der Waals surface area contributed by atoms with Gasteiger partial charge in [0.25, 0.3) is 0 Å². The molecule has 2 N–H and O–H groups in total. The van der Waals surface area contributed by atoms with Gasteiger partial charge in [0.1, 0.15) is 0 Å². The smallest absolute Gasteiger partial charge is 0.163 e. The SMILES string of the molecule is C#CCCC(=O)c1ccc(N)c(Br)c1. The van der Waals surface area contributed by atoms with Gasteiger partial charge in [-0.15, -0.1) is 12.3 Å². The van der Waals surface area contributed by atoms with Crippen LogP contribution >= 0.6 is 15.9 Å². The third-order valence-corrected chi connectivity index (χ3v) is 2.51. The summed E-state index contributed by atoms with van der Waals surface area (Å²) in [5.41, 5.74) is 6.86. The fourth-order valence-electron chi connectivity index (χ4n) is 1.03. The Hall–Kier alpha value is -1.27. The van der Waals surface area contributed by atoms with Crippen LogP contribution in [-0.4, -0.2) is 5.78 Å². The van der Waals surface area contributed by atoms with Gasteiger partial charge in [-0.1, -0.05) is 0 Å². The molecule has 72 valence electrons. The Morgan fingerprint density at radius 3 is 2.86 bits per heavy atom.